The van der Waals surface area contributed by atoms with Crippen molar-refractivity contribution < 1.29 is 18.7 Å². The van der Waals surface area contributed by atoms with Crippen molar-refractivity contribution in [2.45, 2.75) is 57.6 Å². The number of nitrogens with zero attached hydrogens (tertiary/aromatic N) is 5. The van der Waals surface area contributed by atoms with Crippen molar-refractivity contribution in [3.8, 4) is 6.01 Å². The van der Waals surface area contributed by atoms with Gasteiger partial charge in [0.25, 0.3) is 6.01 Å². The predicted octanol–water partition coefficient (Wildman–Crippen LogP) is 7.75. The average molecular weight is 734 g/mol. The Morgan fingerprint density at radius 3 is 2.49 bits per heavy atom. The van der Waals surface area contributed by atoms with E-state index < -0.39 is 0 Å². The van der Waals surface area contributed by atoms with Crippen LogP contribution in [0, 0.1) is 5.82 Å². The van der Waals surface area contributed by atoms with E-state index >= 15 is 0 Å². The number of pyridine rings is 1. The average Bonchev–Trinajstić information content (AvgIpc) is 3.43. The van der Waals surface area contributed by atoms with Gasteiger partial charge in [-0.05, 0) is 103 Å². The highest BCUT2D eigenvalue weighted by Gasteiger charge is 2.27. The van der Waals surface area contributed by atoms with E-state index in [2.05, 4.69) is 27.7 Å². The molecule has 1 aliphatic carbocycles. The normalized spacial score (nSPS) is 16.8. The maximum atomic E-state index is 13.5. The molecule has 8 rings (SSSR count). The van der Waals surface area contributed by atoms with Crippen LogP contribution in [0.2, 0.25) is 5.02 Å². The number of aryl methyl sites for hydroxylation is 2. The number of fused-ring (bicyclic) bond motifs is 3. The van der Waals surface area contributed by atoms with E-state index in [0.717, 1.165) is 85.5 Å². The minimum absolute atomic E-state index is 0.0658. The largest absolute Gasteiger partial charge is 0.461 e. The fourth-order valence-electron chi connectivity index (χ4n) is 7.99. The lowest BCUT2D eigenvalue weighted by molar-refractivity contribution is -0.132. The Hall–Kier alpha value is -4.57. The van der Waals surface area contributed by atoms with Gasteiger partial charge in [-0.25, -0.2) is 4.39 Å². The molecule has 53 heavy (non-hydrogen) atoms. The Morgan fingerprint density at radius 2 is 1.66 bits per heavy atom. The van der Waals surface area contributed by atoms with Crippen LogP contribution < -0.4 is 4.74 Å². The van der Waals surface area contributed by atoms with Crippen LogP contribution in [-0.4, -0.2) is 82.3 Å². The number of amides is 1. The summed E-state index contributed by atoms with van der Waals surface area (Å²) in [6, 6.07) is 25.6. The van der Waals surface area contributed by atoms with Gasteiger partial charge in [0.15, 0.2) is 0 Å². The summed E-state index contributed by atoms with van der Waals surface area (Å²) >= 11 is 6.39. The minimum atomic E-state index is -0.245. The van der Waals surface area contributed by atoms with E-state index in [1.807, 2.05) is 47.5 Å². The number of benzene rings is 3. The van der Waals surface area contributed by atoms with E-state index in [-0.39, 0.29) is 17.8 Å². The molecule has 10 heteroatoms. The monoisotopic (exact) mass is 733 g/mol. The van der Waals surface area contributed by atoms with E-state index in [9.17, 15) is 9.18 Å². The summed E-state index contributed by atoms with van der Waals surface area (Å²) in [7, 11) is 0. The van der Waals surface area contributed by atoms with Gasteiger partial charge in [0.2, 0.25) is 5.91 Å². The van der Waals surface area contributed by atoms with Crippen molar-refractivity contribution in [1.29, 1.82) is 0 Å². The van der Waals surface area contributed by atoms with Crippen LogP contribution in [-0.2, 0) is 28.9 Å². The number of carbonyl (C=O) groups is 1. The van der Waals surface area contributed by atoms with Crippen molar-refractivity contribution in [1.82, 2.24) is 24.3 Å². The van der Waals surface area contributed by atoms with Gasteiger partial charge in [0, 0.05) is 49.5 Å². The van der Waals surface area contributed by atoms with Crippen molar-refractivity contribution in [3.05, 3.63) is 129 Å². The second-order valence-electron chi connectivity index (χ2n) is 14.3. The Labute approximate surface area is 315 Å². The van der Waals surface area contributed by atoms with Gasteiger partial charge in [0.05, 0.1) is 42.9 Å². The molecule has 0 N–H and O–H groups in total. The molecule has 0 spiro atoms. The van der Waals surface area contributed by atoms with Crippen LogP contribution in [0.3, 0.4) is 0 Å². The summed E-state index contributed by atoms with van der Waals surface area (Å²) in [6.45, 7) is 5.65. The van der Waals surface area contributed by atoms with Crippen molar-refractivity contribution >= 4 is 34.1 Å². The third-order valence-corrected chi connectivity index (χ3v) is 11.1. The number of hydrogen-bond acceptors (Lipinski definition) is 6. The maximum absolute atomic E-state index is 13.5. The van der Waals surface area contributed by atoms with Gasteiger partial charge in [-0.1, -0.05) is 53.6 Å². The molecule has 3 aromatic carbocycles. The lowest BCUT2D eigenvalue weighted by Gasteiger charge is -2.32. The first-order valence-electron chi connectivity index (χ1n) is 18.9. The topological polar surface area (TPSA) is 72.7 Å². The van der Waals surface area contributed by atoms with Crippen molar-refractivity contribution in [3.63, 3.8) is 0 Å². The summed E-state index contributed by atoms with van der Waals surface area (Å²) in [4.78, 5) is 27.2. The Kier molecular flexibility index (Phi) is 10.8. The highest BCUT2D eigenvalue weighted by molar-refractivity contribution is 6.30. The minimum Gasteiger partial charge on any atom is -0.461 e. The van der Waals surface area contributed by atoms with E-state index in [1.54, 1.807) is 12.1 Å². The van der Waals surface area contributed by atoms with Gasteiger partial charge < -0.3 is 19.3 Å². The third kappa shape index (κ3) is 8.17. The molecule has 4 heterocycles. The fourth-order valence-corrected chi connectivity index (χ4v) is 8.19. The fraction of sp³-hybridized carbons (Fsp3) is 0.372. The lowest BCUT2D eigenvalue weighted by Crippen LogP contribution is -2.40. The van der Waals surface area contributed by atoms with Gasteiger partial charge in [-0.15, -0.1) is 0 Å². The van der Waals surface area contributed by atoms with Crippen molar-refractivity contribution in [2.24, 2.45) is 0 Å². The summed E-state index contributed by atoms with van der Waals surface area (Å²) in [6.07, 6.45) is 7.69. The van der Waals surface area contributed by atoms with E-state index in [4.69, 9.17) is 31.0 Å². The van der Waals surface area contributed by atoms with Gasteiger partial charge in [0.1, 0.15) is 11.9 Å². The Bertz CT molecular complexity index is 2100. The molecule has 2 aromatic heterocycles. The number of rotatable bonds is 10. The second kappa shape index (κ2) is 16.2. The standard InChI is InChI=1S/C43H45ClFN5O3/c44-34-11-14-37-33(28-34)10-9-32-4-3-20-46-42(32)41(37)31-15-23-49(24-16-31)40(51)19-26-52-27-25-48-21-17-36(18-22-48)53-43-47-38-5-1-2-6-39(38)50(43)29-30-7-12-35(45)13-8-30/h1-8,11-14,20,28,36H,9-10,15-19,21-27,29H2. The zero-order valence-corrected chi connectivity index (χ0v) is 30.7. The predicted molar refractivity (Wildman–Crippen MR) is 206 cm³/mol. The summed E-state index contributed by atoms with van der Waals surface area (Å²) in [5, 5.41) is 0.763. The molecule has 0 atom stereocenters. The molecule has 5 aromatic rings. The van der Waals surface area contributed by atoms with Crippen LogP contribution in [0.4, 0.5) is 4.39 Å². The Balaban J connectivity index is 0.784. The highest BCUT2D eigenvalue weighted by Crippen LogP contribution is 2.38. The number of carbonyl (C=O) groups excluding carboxylic acids is 1. The summed E-state index contributed by atoms with van der Waals surface area (Å²) in [5.74, 6) is -0.0888. The van der Waals surface area contributed by atoms with Gasteiger partial charge in [-0.2, -0.15) is 4.98 Å². The molecule has 3 aliphatic rings. The first kappa shape index (κ1) is 35.5. The van der Waals surface area contributed by atoms with Gasteiger partial charge >= 0.3 is 0 Å². The van der Waals surface area contributed by atoms with Crippen LogP contribution in [0.25, 0.3) is 16.6 Å². The molecule has 2 fully saturated rings. The van der Waals surface area contributed by atoms with Crippen LogP contribution in [0.1, 0.15) is 60.1 Å². The molecule has 1 amide bonds. The molecule has 0 saturated carbocycles. The summed E-state index contributed by atoms with van der Waals surface area (Å²) < 4.78 is 28.1. The smallest absolute Gasteiger partial charge is 0.297 e. The van der Waals surface area contributed by atoms with Crippen molar-refractivity contribution in [2.75, 3.05) is 45.9 Å². The van der Waals surface area contributed by atoms with Crippen LogP contribution in [0.15, 0.2) is 90.6 Å². The quantitative estimate of drug-likeness (QED) is 0.137. The number of para-hydroxylation sites is 2. The zero-order chi connectivity index (χ0) is 36.1. The van der Waals surface area contributed by atoms with Gasteiger partial charge in [-0.3, -0.25) is 14.3 Å². The number of piperidine rings is 2. The number of hydrogen-bond donors (Lipinski definition) is 0. The number of halogens is 2. The molecule has 2 saturated heterocycles. The maximum Gasteiger partial charge on any atom is 0.297 e. The first-order valence-corrected chi connectivity index (χ1v) is 19.3. The number of imidazole rings is 1. The highest BCUT2D eigenvalue weighted by atomic mass is 35.5. The number of likely N-dealkylation sites (tertiary alicyclic amines) is 2. The third-order valence-electron chi connectivity index (χ3n) is 10.9. The number of aromatic nitrogens is 3. The molecule has 0 bridgehead atoms. The molecule has 8 nitrogen and oxygen atoms in total. The lowest BCUT2D eigenvalue weighted by atomic mass is 9.88. The molecular weight excluding hydrogens is 689 g/mol. The zero-order valence-electron chi connectivity index (χ0n) is 30.0. The SMILES string of the molecule is O=C(CCOCCN1CCC(Oc2nc3ccccc3n2Cc2ccc(F)cc2)CC1)N1CCC(=C2c3ccc(Cl)cc3CCc3cccnc32)CC1. The van der Waals surface area contributed by atoms with E-state index in [0.29, 0.717) is 45.3 Å². The summed E-state index contributed by atoms with van der Waals surface area (Å²) in [5.41, 5.74) is 10.3. The number of ether oxygens (including phenoxy) is 2. The molecule has 2 aliphatic heterocycles. The van der Waals surface area contributed by atoms with Crippen LogP contribution in [0.5, 0.6) is 6.01 Å². The first-order chi connectivity index (χ1) is 26.0. The van der Waals surface area contributed by atoms with E-state index in [1.165, 1.54) is 40.0 Å². The second-order valence-corrected chi connectivity index (χ2v) is 14.7. The molecular formula is C43H45ClFN5O3. The molecule has 0 unspecified atom stereocenters. The Morgan fingerprint density at radius 1 is 0.868 bits per heavy atom. The van der Waals surface area contributed by atoms with Crippen LogP contribution >= 0.6 is 11.6 Å². The molecule has 0 radical (unpaired) electrons. The molecule has 274 valence electrons.